The average molecular weight is 528 g/mol. The van der Waals surface area contributed by atoms with Crippen LogP contribution in [0.4, 0.5) is 10.5 Å². The molecular formula is C26H26ClN3O7. The van der Waals surface area contributed by atoms with Gasteiger partial charge in [-0.15, -0.1) is 0 Å². The van der Waals surface area contributed by atoms with Gasteiger partial charge in [-0.1, -0.05) is 11.6 Å². The topological polar surface area (TPSA) is 113 Å². The molecule has 0 atom stereocenters. The molecule has 0 spiro atoms. The molecule has 1 aromatic heterocycles. The third kappa shape index (κ3) is 6.03. The number of aryl methyl sites for hydroxylation is 1. The number of nitro benzene ring substituents is 1. The predicted octanol–water partition coefficient (Wildman–Crippen LogP) is 5.54. The molecule has 2 aromatic carbocycles. The van der Waals surface area contributed by atoms with E-state index in [-0.39, 0.29) is 36.7 Å². The second-order valence-electron chi connectivity index (χ2n) is 9.54. The van der Waals surface area contributed by atoms with Crippen LogP contribution < -0.4 is 15.0 Å². The van der Waals surface area contributed by atoms with Crippen LogP contribution in [0.2, 0.25) is 5.02 Å². The molecule has 0 fully saturated rings. The SMILES string of the molecule is Cn1cc2c(cc1=O)OCCN(C(=O)OC(C)(C)C)Cc1cc(Cl)ccc1Oc1ccc([N+](=O)[O-])cc1-2. The Morgan fingerprint density at radius 2 is 1.81 bits per heavy atom. The first-order chi connectivity index (χ1) is 17.4. The summed E-state index contributed by atoms with van der Waals surface area (Å²) in [6.45, 7) is 5.56. The summed E-state index contributed by atoms with van der Waals surface area (Å²) in [6.07, 6.45) is 0.975. The lowest BCUT2D eigenvalue weighted by Crippen LogP contribution is -2.38. The summed E-state index contributed by atoms with van der Waals surface area (Å²) in [5.74, 6) is 0.900. The van der Waals surface area contributed by atoms with Gasteiger partial charge < -0.3 is 23.7 Å². The highest BCUT2D eigenvalue weighted by molar-refractivity contribution is 6.30. The fraction of sp³-hybridized carbons (Fsp3) is 0.308. The van der Waals surface area contributed by atoms with E-state index in [9.17, 15) is 19.7 Å². The van der Waals surface area contributed by atoms with Crippen molar-refractivity contribution in [2.24, 2.45) is 7.05 Å². The molecule has 4 rings (SSSR count). The number of amides is 1. The zero-order valence-corrected chi connectivity index (χ0v) is 21.6. The van der Waals surface area contributed by atoms with Crippen molar-refractivity contribution < 1.29 is 23.9 Å². The highest BCUT2D eigenvalue weighted by atomic mass is 35.5. The fourth-order valence-corrected chi connectivity index (χ4v) is 3.98. The molecule has 37 heavy (non-hydrogen) atoms. The smallest absolute Gasteiger partial charge is 0.410 e. The Bertz CT molecular complexity index is 1430. The minimum absolute atomic E-state index is 0.0282. The number of pyridine rings is 1. The summed E-state index contributed by atoms with van der Waals surface area (Å²) in [7, 11) is 1.57. The van der Waals surface area contributed by atoms with E-state index in [1.165, 1.54) is 39.9 Å². The maximum absolute atomic E-state index is 13.0. The summed E-state index contributed by atoms with van der Waals surface area (Å²) in [5, 5.41) is 12.0. The second kappa shape index (κ2) is 10.1. The van der Waals surface area contributed by atoms with Crippen molar-refractivity contribution in [3.63, 3.8) is 0 Å². The molecule has 0 N–H and O–H groups in total. The fourth-order valence-electron chi connectivity index (χ4n) is 3.79. The highest BCUT2D eigenvalue weighted by Gasteiger charge is 2.26. The van der Waals surface area contributed by atoms with Crippen LogP contribution in [-0.2, 0) is 18.3 Å². The number of nitrogens with zero attached hydrogens (tertiary/aromatic N) is 3. The van der Waals surface area contributed by atoms with E-state index in [0.717, 1.165) is 0 Å². The molecule has 0 unspecified atom stereocenters. The number of benzene rings is 2. The number of non-ortho nitro benzene ring substituents is 1. The van der Waals surface area contributed by atoms with Gasteiger partial charge in [0.1, 0.15) is 29.5 Å². The quantitative estimate of drug-likeness (QED) is 0.302. The molecule has 0 radical (unpaired) electrons. The Balaban J connectivity index is 1.90. The van der Waals surface area contributed by atoms with E-state index < -0.39 is 16.6 Å². The molecule has 0 saturated carbocycles. The van der Waals surface area contributed by atoms with Crippen molar-refractivity contribution in [3.05, 3.63) is 79.7 Å². The number of carbonyl (C=O) groups excluding carboxylic acids is 1. The highest BCUT2D eigenvalue weighted by Crippen LogP contribution is 2.41. The van der Waals surface area contributed by atoms with E-state index in [4.69, 9.17) is 25.8 Å². The van der Waals surface area contributed by atoms with Crippen molar-refractivity contribution in [1.82, 2.24) is 9.47 Å². The molecule has 0 aliphatic carbocycles. The van der Waals surface area contributed by atoms with E-state index >= 15 is 0 Å². The first-order valence-electron chi connectivity index (χ1n) is 11.5. The summed E-state index contributed by atoms with van der Waals surface area (Å²) in [4.78, 5) is 37.9. The largest absolute Gasteiger partial charge is 0.491 e. The molecular weight excluding hydrogens is 502 g/mol. The zero-order valence-electron chi connectivity index (χ0n) is 20.8. The Labute approximate surface area is 218 Å². The lowest BCUT2D eigenvalue weighted by Gasteiger charge is -2.28. The van der Waals surface area contributed by atoms with Crippen molar-refractivity contribution in [2.75, 3.05) is 13.2 Å². The third-order valence-electron chi connectivity index (χ3n) is 5.53. The van der Waals surface area contributed by atoms with Gasteiger partial charge in [-0.2, -0.15) is 0 Å². The molecule has 194 valence electrons. The lowest BCUT2D eigenvalue weighted by molar-refractivity contribution is -0.384. The Morgan fingerprint density at radius 3 is 2.51 bits per heavy atom. The van der Waals surface area contributed by atoms with Crippen LogP contribution in [0.3, 0.4) is 0 Å². The van der Waals surface area contributed by atoms with Crippen LogP contribution in [0.5, 0.6) is 17.2 Å². The number of aromatic nitrogens is 1. The Morgan fingerprint density at radius 1 is 1.08 bits per heavy atom. The van der Waals surface area contributed by atoms with Crippen LogP contribution in [0.15, 0.2) is 53.5 Å². The Kier molecular flexibility index (Phi) is 7.13. The molecule has 0 bridgehead atoms. The minimum atomic E-state index is -0.720. The standard InChI is InChI=1S/C26H26ClN3O7/c1-26(2,3)37-25(32)29-9-10-35-23-13-24(31)28(4)15-20(23)19-12-18(30(33)34)6-8-22(19)36-21-7-5-17(27)11-16(21)14-29/h5-8,11-13,15H,9-10,14H2,1-4H3. The maximum Gasteiger partial charge on any atom is 0.410 e. The summed E-state index contributed by atoms with van der Waals surface area (Å²) in [5.41, 5.74) is 0.182. The van der Waals surface area contributed by atoms with Gasteiger partial charge in [-0.3, -0.25) is 14.9 Å². The number of ether oxygens (including phenoxy) is 3. The number of nitro groups is 1. The molecule has 1 amide bonds. The number of hydrogen-bond donors (Lipinski definition) is 0. The lowest BCUT2D eigenvalue weighted by atomic mass is 10.0. The minimum Gasteiger partial charge on any atom is -0.491 e. The number of fused-ring (bicyclic) bond motifs is 4. The monoisotopic (exact) mass is 527 g/mol. The maximum atomic E-state index is 13.0. The van der Waals surface area contributed by atoms with Crippen LogP contribution in [0, 0.1) is 10.1 Å². The summed E-state index contributed by atoms with van der Waals surface area (Å²) < 4.78 is 19.1. The van der Waals surface area contributed by atoms with Crippen molar-refractivity contribution in [2.45, 2.75) is 32.9 Å². The van der Waals surface area contributed by atoms with Gasteiger partial charge >= 0.3 is 6.09 Å². The van der Waals surface area contributed by atoms with Gasteiger partial charge in [0, 0.05) is 53.2 Å². The van der Waals surface area contributed by atoms with Crippen molar-refractivity contribution in [3.8, 4) is 28.4 Å². The second-order valence-corrected chi connectivity index (χ2v) is 9.98. The molecule has 10 nitrogen and oxygen atoms in total. The molecule has 3 aromatic rings. The molecule has 1 aliphatic heterocycles. The molecule has 1 aliphatic rings. The average Bonchev–Trinajstić information content (AvgIpc) is 2.80. The van der Waals surface area contributed by atoms with Gasteiger partial charge in [0.2, 0.25) is 0 Å². The normalized spacial score (nSPS) is 13.5. The molecule has 11 heteroatoms. The van der Waals surface area contributed by atoms with E-state index in [0.29, 0.717) is 33.2 Å². The van der Waals surface area contributed by atoms with E-state index in [1.807, 2.05) is 0 Å². The van der Waals surface area contributed by atoms with Gasteiger partial charge in [-0.25, -0.2) is 4.79 Å². The van der Waals surface area contributed by atoms with E-state index in [1.54, 1.807) is 46.0 Å². The molecule has 2 heterocycles. The van der Waals surface area contributed by atoms with Gasteiger partial charge in [0.25, 0.3) is 11.2 Å². The first-order valence-corrected chi connectivity index (χ1v) is 11.9. The van der Waals surface area contributed by atoms with Crippen LogP contribution in [-0.4, -0.2) is 39.2 Å². The summed E-state index contributed by atoms with van der Waals surface area (Å²) in [6, 6.07) is 10.5. The number of halogens is 1. The van der Waals surface area contributed by atoms with Crippen LogP contribution in [0.1, 0.15) is 26.3 Å². The Hall–Kier alpha value is -4.05. The van der Waals surface area contributed by atoms with Crippen molar-refractivity contribution >= 4 is 23.4 Å². The van der Waals surface area contributed by atoms with Crippen LogP contribution in [0.25, 0.3) is 11.1 Å². The van der Waals surface area contributed by atoms with Crippen molar-refractivity contribution in [1.29, 1.82) is 0 Å². The third-order valence-corrected chi connectivity index (χ3v) is 5.76. The van der Waals surface area contributed by atoms with Gasteiger partial charge in [0.15, 0.2) is 0 Å². The number of hydrogen-bond acceptors (Lipinski definition) is 7. The van der Waals surface area contributed by atoms with Gasteiger partial charge in [-0.05, 0) is 45.0 Å². The van der Waals surface area contributed by atoms with Gasteiger partial charge in [0.05, 0.1) is 18.0 Å². The molecule has 0 saturated heterocycles. The predicted molar refractivity (Wildman–Crippen MR) is 137 cm³/mol. The van der Waals surface area contributed by atoms with E-state index in [2.05, 4.69) is 0 Å². The summed E-state index contributed by atoms with van der Waals surface area (Å²) >= 11 is 6.27. The first kappa shape index (κ1) is 26.0. The zero-order chi connectivity index (χ0) is 26.9. The number of rotatable bonds is 1. The number of carbonyl (C=O) groups is 1. The van der Waals surface area contributed by atoms with Crippen LogP contribution >= 0.6 is 11.6 Å².